The van der Waals surface area contributed by atoms with Gasteiger partial charge in [0, 0.05) is 22.4 Å². The Bertz CT molecular complexity index is 1240. The van der Waals surface area contributed by atoms with Crippen molar-refractivity contribution in [3.05, 3.63) is 90.0 Å². The maximum Gasteiger partial charge on any atom is 0.340 e. The third kappa shape index (κ3) is 4.26. The van der Waals surface area contributed by atoms with Crippen LogP contribution in [-0.4, -0.2) is 35.8 Å². The van der Waals surface area contributed by atoms with Gasteiger partial charge < -0.3 is 23.3 Å². The van der Waals surface area contributed by atoms with Gasteiger partial charge in [-0.05, 0) is 86.6 Å². The summed E-state index contributed by atoms with van der Waals surface area (Å²) in [6, 6.07) is 27.0. The minimum atomic E-state index is -2.34. The number of benzene rings is 3. The Morgan fingerprint density at radius 3 is 1.21 bits per heavy atom. The molecule has 2 saturated heterocycles. The Balaban J connectivity index is 1.92. The molecular formula is C32H43B2NO4-2. The van der Waals surface area contributed by atoms with Crippen LogP contribution in [0.3, 0.4) is 0 Å². The van der Waals surface area contributed by atoms with Crippen molar-refractivity contribution in [1.82, 2.24) is 0 Å². The molecule has 5 rings (SSSR count). The van der Waals surface area contributed by atoms with E-state index in [4.69, 9.17) is 18.6 Å². The predicted molar refractivity (Wildman–Crippen MR) is 163 cm³/mol. The van der Waals surface area contributed by atoms with E-state index in [0.717, 1.165) is 22.2 Å². The van der Waals surface area contributed by atoms with Gasteiger partial charge in [0.2, 0.25) is 0 Å². The molecule has 2 heterocycles. The third-order valence-electron chi connectivity index (χ3n) is 9.52. The molecule has 7 heteroatoms. The molecule has 3 aromatic carbocycles. The molecular weight excluding hydrogens is 484 g/mol. The zero-order valence-corrected chi connectivity index (χ0v) is 25.2. The summed E-state index contributed by atoms with van der Waals surface area (Å²) in [5.74, 6) is 0. The van der Waals surface area contributed by atoms with Crippen molar-refractivity contribution < 1.29 is 18.6 Å². The molecule has 5 nitrogen and oxygen atoms in total. The fourth-order valence-electron chi connectivity index (χ4n) is 6.15. The Morgan fingerprint density at radius 2 is 0.872 bits per heavy atom. The highest BCUT2D eigenvalue weighted by atomic mass is 16.7. The molecule has 208 valence electrons. The molecule has 0 unspecified atom stereocenters. The summed E-state index contributed by atoms with van der Waals surface area (Å²) >= 11 is 0. The average Bonchev–Trinajstić information content (AvgIpc) is 3.17. The second-order valence-electron chi connectivity index (χ2n) is 13.4. The largest absolute Gasteiger partial charge is 0.624 e. The molecule has 2 fully saturated rings. The Morgan fingerprint density at radius 1 is 0.513 bits per heavy atom. The van der Waals surface area contributed by atoms with E-state index >= 15 is 0 Å². The summed E-state index contributed by atoms with van der Waals surface area (Å²) < 4.78 is 31.3. The zero-order chi connectivity index (χ0) is 28.5. The van der Waals surface area contributed by atoms with Crippen LogP contribution in [0.25, 0.3) is 0 Å². The third-order valence-corrected chi connectivity index (χ3v) is 9.52. The topological polar surface area (TPSA) is 40.2 Å². The van der Waals surface area contributed by atoms with Gasteiger partial charge in [0.15, 0.2) is 0 Å². The normalized spacial score (nSPS) is 23.4. The summed E-state index contributed by atoms with van der Waals surface area (Å²) in [7, 11) is 0. The highest BCUT2D eigenvalue weighted by Gasteiger charge is 2.62. The summed E-state index contributed by atoms with van der Waals surface area (Å²) in [6.45, 7) is 16.4. The van der Waals surface area contributed by atoms with Gasteiger partial charge in [0.1, 0.15) is 0 Å². The van der Waals surface area contributed by atoms with Gasteiger partial charge in [-0.2, -0.15) is 0 Å². The highest BCUT2D eigenvalue weighted by molar-refractivity contribution is 7.03. The molecule has 0 amide bonds. The van der Waals surface area contributed by atoms with E-state index in [1.165, 1.54) is 5.56 Å². The van der Waals surface area contributed by atoms with E-state index in [1.807, 2.05) is 36.4 Å². The van der Waals surface area contributed by atoms with Gasteiger partial charge in [0.05, 0.1) is 0 Å². The smallest absolute Gasteiger partial charge is 0.340 e. The summed E-state index contributed by atoms with van der Waals surface area (Å²) in [6.07, 6.45) is 0. The van der Waals surface area contributed by atoms with Crippen molar-refractivity contribution in [3.8, 4) is 0 Å². The number of hydrogen-bond donors (Lipinski definition) is 0. The number of aryl methyl sites for hydroxylation is 2. The van der Waals surface area contributed by atoms with Crippen molar-refractivity contribution in [2.45, 2.75) is 91.6 Å². The summed E-state index contributed by atoms with van der Waals surface area (Å²) in [5.41, 5.74) is 2.64. The fraction of sp³-hybridized carbons (Fsp3) is 0.438. The quantitative estimate of drug-likeness (QED) is 0.381. The molecule has 0 saturated carbocycles. The van der Waals surface area contributed by atoms with E-state index in [-0.39, 0.29) is 0 Å². The molecule has 0 aromatic heterocycles. The molecule has 0 bridgehead atoms. The highest BCUT2D eigenvalue weighted by Crippen LogP contribution is 2.50. The van der Waals surface area contributed by atoms with Crippen molar-refractivity contribution >= 4 is 30.0 Å². The van der Waals surface area contributed by atoms with Crippen LogP contribution in [0.2, 0.25) is 0 Å². The SMILES string of the molecule is Cc1ccc(N([B-]2(c3ccccc3)OC(C)(C)C(C)(C)O2)[B-]2(c3ccccc3)OC(C)(C)C(C)(C)O2)c(C)c1. The van der Waals surface area contributed by atoms with Crippen molar-refractivity contribution in [2.24, 2.45) is 0 Å². The van der Waals surface area contributed by atoms with Gasteiger partial charge in [-0.3, -0.25) is 0 Å². The van der Waals surface area contributed by atoms with Crippen LogP contribution < -0.4 is 15.6 Å². The molecule has 0 aliphatic carbocycles. The van der Waals surface area contributed by atoms with Crippen molar-refractivity contribution in [2.75, 3.05) is 4.72 Å². The lowest BCUT2D eigenvalue weighted by Gasteiger charge is -2.64. The van der Waals surface area contributed by atoms with Gasteiger partial charge in [0.25, 0.3) is 0 Å². The molecule has 3 aromatic rings. The molecule has 0 atom stereocenters. The van der Waals surface area contributed by atoms with E-state index in [0.29, 0.717) is 0 Å². The minimum absolute atomic E-state index is 0.614. The molecule has 0 N–H and O–H groups in total. The minimum Gasteiger partial charge on any atom is -0.624 e. The number of nitrogens with zero attached hydrogens (tertiary/aromatic N) is 1. The molecule has 39 heavy (non-hydrogen) atoms. The lowest BCUT2D eigenvalue weighted by atomic mass is 9.47. The first-order chi connectivity index (χ1) is 18.1. The first kappa shape index (κ1) is 28.0. The zero-order valence-electron chi connectivity index (χ0n) is 25.2. The second kappa shape index (κ2) is 8.97. The maximum absolute atomic E-state index is 7.26. The van der Waals surface area contributed by atoms with Gasteiger partial charge in [-0.25, -0.2) is 0 Å². The Kier molecular flexibility index (Phi) is 6.43. The van der Waals surface area contributed by atoms with Gasteiger partial charge in [-0.1, -0.05) is 78.4 Å². The van der Waals surface area contributed by atoms with E-state index in [1.54, 1.807) is 0 Å². The van der Waals surface area contributed by atoms with Crippen LogP contribution in [-0.2, 0) is 18.6 Å². The molecule has 2 aliphatic heterocycles. The van der Waals surface area contributed by atoms with Gasteiger partial charge in [-0.15, -0.1) is 10.9 Å². The van der Waals surface area contributed by atoms with Crippen LogP contribution in [0, 0.1) is 13.8 Å². The van der Waals surface area contributed by atoms with E-state index in [9.17, 15) is 0 Å². The summed E-state index contributed by atoms with van der Waals surface area (Å²) in [5, 5.41) is 0. The molecule has 0 spiro atoms. The fourth-order valence-corrected chi connectivity index (χ4v) is 6.15. The van der Waals surface area contributed by atoms with Gasteiger partial charge >= 0.3 is 13.4 Å². The van der Waals surface area contributed by atoms with Crippen LogP contribution in [0.5, 0.6) is 0 Å². The monoisotopic (exact) mass is 527 g/mol. The molecule has 2 aliphatic rings. The van der Waals surface area contributed by atoms with Crippen LogP contribution in [0.4, 0.5) is 5.69 Å². The number of hydrogen-bond acceptors (Lipinski definition) is 5. The van der Waals surface area contributed by atoms with E-state index < -0.39 is 35.8 Å². The maximum atomic E-state index is 7.26. The van der Waals surface area contributed by atoms with Crippen molar-refractivity contribution in [1.29, 1.82) is 0 Å². The summed E-state index contributed by atoms with van der Waals surface area (Å²) in [4.78, 5) is 0. The Hall–Kier alpha value is -2.57. The Labute approximate surface area is 234 Å². The lowest BCUT2D eigenvalue weighted by Crippen LogP contribution is -2.80. The van der Waals surface area contributed by atoms with Crippen molar-refractivity contribution in [3.63, 3.8) is 0 Å². The average molecular weight is 527 g/mol. The lowest BCUT2D eigenvalue weighted by molar-refractivity contribution is 0.00578. The first-order valence-electron chi connectivity index (χ1n) is 14.1. The second-order valence-corrected chi connectivity index (χ2v) is 13.4. The first-order valence-corrected chi connectivity index (χ1v) is 14.1. The number of anilines is 1. The predicted octanol–water partition coefficient (Wildman–Crippen LogP) is 6.01. The van der Waals surface area contributed by atoms with Crippen LogP contribution in [0.1, 0.15) is 66.5 Å². The number of rotatable bonds is 5. The van der Waals surface area contributed by atoms with Crippen LogP contribution >= 0.6 is 0 Å². The van der Waals surface area contributed by atoms with E-state index in [2.05, 4.69) is 116 Å². The standard InChI is InChI=1S/C32H43B2NO4/c1-24-21-22-28(25(2)23-24)35(33(26-17-13-11-14-18-26)36-29(3,4)30(5,6)37-33)34(27-19-15-12-16-20-27)38-31(7,8)32(9,10)39-34/h11-23H,1-10H3/q-2. The van der Waals surface area contributed by atoms with Crippen LogP contribution in [0.15, 0.2) is 78.9 Å². The molecule has 0 radical (unpaired) electrons.